The minimum absolute atomic E-state index is 0.0134. The predicted octanol–water partition coefficient (Wildman–Crippen LogP) is 4.75. The molecule has 2 aromatic rings. The maximum absolute atomic E-state index is 12.9. The molecule has 1 fully saturated rings. The molecule has 4 nitrogen and oxygen atoms in total. The minimum Gasteiger partial charge on any atom is -0.339 e. The van der Waals surface area contributed by atoms with Crippen LogP contribution in [0.15, 0.2) is 48.5 Å². The molecule has 0 bridgehead atoms. The molecule has 0 aromatic heterocycles. The van der Waals surface area contributed by atoms with Crippen LogP contribution >= 0.6 is 0 Å². The third-order valence-electron chi connectivity index (χ3n) is 5.63. The zero-order chi connectivity index (χ0) is 22.6. The summed E-state index contributed by atoms with van der Waals surface area (Å²) in [4.78, 5) is 28.4. The number of aryl methyl sites for hydroxylation is 1. The van der Waals surface area contributed by atoms with Gasteiger partial charge in [0.15, 0.2) is 0 Å². The van der Waals surface area contributed by atoms with Crippen molar-refractivity contribution in [2.24, 2.45) is 0 Å². The summed E-state index contributed by atoms with van der Waals surface area (Å²) in [6.07, 6.45) is -3.44. The van der Waals surface area contributed by atoms with Gasteiger partial charge in [0, 0.05) is 38.2 Å². The lowest BCUT2D eigenvalue weighted by molar-refractivity contribution is -0.137. The normalized spacial score (nSPS) is 14.8. The molecule has 1 saturated heterocycles. The first-order chi connectivity index (χ1) is 14.6. The van der Waals surface area contributed by atoms with Crippen LogP contribution in [0.4, 0.5) is 13.2 Å². The molecule has 1 heterocycles. The summed E-state index contributed by atoms with van der Waals surface area (Å²) < 4.78 is 38.7. The lowest BCUT2D eigenvalue weighted by Crippen LogP contribution is -2.50. The zero-order valence-corrected chi connectivity index (χ0v) is 17.8. The highest BCUT2D eigenvalue weighted by atomic mass is 19.4. The fourth-order valence-corrected chi connectivity index (χ4v) is 3.65. The summed E-state index contributed by atoms with van der Waals surface area (Å²) in [5.74, 6) is 0.0492. The molecule has 2 aromatic carbocycles. The first kappa shape index (κ1) is 22.8. The number of piperazine rings is 1. The zero-order valence-electron chi connectivity index (χ0n) is 17.8. The monoisotopic (exact) mass is 432 g/mol. The van der Waals surface area contributed by atoms with Crippen LogP contribution in [0.5, 0.6) is 0 Å². The standard InChI is InChI=1S/C24H27F3N2O2/c1-17(2)19-9-6-18(7-10-19)8-11-22(30)28-12-14-29(15-13-28)23(31)20-4-3-5-21(16-20)24(25,26)27/h3-7,9-10,16-17H,8,11-15H2,1-2H3. The Morgan fingerprint density at radius 3 is 2.13 bits per heavy atom. The quantitative estimate of drug-likeness (QED) is 0.685. The third kappa shape index (κ3) is 5.87. The molecule has 166 valence electrons. The molecule has 3 rings (SSSR count). The summed E-state index contributed by atoms with van der Waals surface area (Å²) >= 11 is 0. The molecular formula is C24H27F3N2O2. The molecule has 0 radical (unpaired) electrons. The van der Waals surface area contributed by atoms with Gasteiger partial charge in [-0.25, -0.2) is 0 Å². The van der Waals surface area contributed by atoms with E-state index in [1.807, 2.05) is 12.1 Å². The second-order valence-electron chi connectivity index (χ2n) is 8.15. The second-order valence-corrected chi connectivity index (χ2v) is 8.15. The number of alkyl halides is 3. The Kier molecular flexibility index (Phi) is 7.03. The molecule has 7 heteroatoms. The smallest absolute Gasteiger partial charge is 0.339 e. The van der Waals surface area contributed by atoms with Crippen LogP contribution < -0.4 is 0 Å². The van der Waals surface area contributed by atoms with Crippen LogP contribution in [-0.2, 0) is 17.4 Å². The summed E-state index contributed by atoms with van der Waals surface area (Å²) in [5.41, 5.74) is 1.54. The molecule has 0 N–H and O–H groups in total. The SMILES string of the molecule is CC(C)c1ccc(CCC(=O)N2CCN(C(=O)c3cccc(C(F)(F)F)c3)CC2)cc1. The highest BCUT2D eigenvalue weighted by Crippen LogP contribution is 2.29. The Morgan fingerprint density at radius 2 is 1.55 bits per heavy atom. The van der Waals surface area contributed by atoms with E-state index >= 15 is 0 Å². The summed E-state index contributed by atoms with van der Waals surface area (Å²) in [7, 11) is 0. The molecule has 0 unspecified atom stereocenters. The van der Waals surface area contributed by atoms with E-state index < -0.39 is 17.6 Å². The van der Waals surface area contributed by atoms with Gasteiger partial charge in [-0.1, -0.05) is 44.2 Å². The average molecular weight is 432 g/mol. The fraction of sp³-hybridized carbons (Fsp3) is 0.417. The van der Waals surface area contributed by atoms with Gasteiger partial charge < -0.3 is 9.80 Å². The van der Waals surface area contributed by atoms with E-state index in [0.29, 0.717) is 44.9 Å². The van der Waals surface area contributed by atoms with E-state index in [1.54, 1.807) is 4.90 Å². The number of hydrogen-bond donors (Lipinski definition) is 0. The number of benzene rings is 2. The Bertz CT molecular complexity index is 915. The van der Waals surface area contributed by atoms with Crippen molar-refractivity contribution in [2.45, 2.75) is 38.8 Å². The molecule has 1 aliphatic rings. The predicted molar refractivity (Wildman–Crippen MR) is 113 cm³/mol. The number of nitrogens with zero attached hydrogens (tertiary/aromatic N) is 2. The van der Waals surface area contributed by atoms with Crippen molar-refractivity contribution in [1.29, 1.82) is 0 Å². The van der Waals surface area contributed by atoms with Crippen molar-refractivity contribution in [2.75, 3.05) is 26.2 Å². The molecule has 0 aliphatic carbocycles. The lowest BCUT2D eigenvalue weighted by atomic mass is 10.00. The van der Waals surface area contributed by atoms with Gasteiger partial charge in [-0.2, -0.15) is 13.2 Å². The number of carbonyl (C=O) groups is 2. The second kappa shape index (κ2) is 9.54. The molecular weight excluding hydrogens is 405 g/mol. The largest absolute Gasteiger partial charge is 0.416 e. The Labute approximate surface area is 180 Å². The Hall–Kier alpha value is -2.83. The number of rotatable bonds is 5. The van der Waals surface area contributed by atoms with Crippen LogP contribution in [0, 0.1) is 0 Å². The van der Waals surface area contributed by atoms with Gasteiger partial charge in [-0.05, 0) is 41.7 Å². The van der Waals surface area contributed by atoms with Crippen LogP contribution in [0.2, 0.25) is 0 Å². The number of carbonyl (C=O) groups excluding carboxylic acids is 2. The van der Waals surface area contributed by atoms with Crippen LogP contribution in [-0.4, -0.2) is 47.8 Å². The Morgan fingerprint density at radius 1 is 0.935 bits per heavy atom. The van der Waals surface area contributed by atoms with Crippen LogP contribution in [0.3, 0.4) is 0 Å². The maximum atomic E-state index is 12.9. The van der Waals surface area contributed by atoms with E-state index in [1.165, 1.54) is 22.6 Å². The van der Waals surface area contributed by atoms with E-state index in [4.69, 9.17) is 0 Å². The van der Waals surface area contributed by atoms with Gasteiger partial charge in [0.2, 0.25) is 5.91 Å². The van der Waals surface area contributed by atoms with E-state index in [2.05, 4.69) is 26.0 Å². The van der Waals surface area contributed by atoms with Gasteiger partial charge in [0.1, 0.15) is 0 Å². The van der Waals surface area contributed by atoms with Crippen molar-refractivity contribution < 1.29 is 22.8 Å². The van der Waals surface area contributed by atoms with Gasteiger partial charge in [-0.3, -0.25) is 9.59 Å². The fourth-order valence-electron chi connectivity index (χ4n) is 3.65. The van der Waals surface area contributed by atoms with Gasteiger partial charge in [0.25, 0.3) is 5.91 Å². The number of hydrogen-bond acceptors (Lipinski definition) is 2. The molecule has 0 atom stereocenters. The van der Waals surface area contributed by atoms with Crippen LogP contribution in [0.1, 0.15) is 53.2 Å². The summed E-state index contributed by atoms with van der Waals surface area (Å²) in [6.45, 7) is 5.66. The van der Waals surface area contributed by atoms with Gasteiger partial charge in [-0.15, -0.1) is 0 Å². The maximum Gasteiger partial charge on any atom is 0.416 e. The third-order valence-corrected chi connectivity index (χ3v) is 5.63. The minimum atomic E-state index is -4.49. The van der Waals surface area contributed by atoms with E-state index in [-0.39, 0.29) is 11.5 Å². The number of halogens is 3. The average Bonchev–Trinajstić information content (AvgIpc) is 2.77. The highest BCUT2D eigenvalue weighted by Gasteiger charge is 2.32. The van der Waals surface area contributed by atoms with Crippen molar-refractivity contribution in [3.8, 4) is 0 Å². The first-order valence-corrected chi connectivity index (χ1v) is 10.5. The van der Waals surface area contributed by atoms with Crippen molar-refractivity contribution in [3.63, 3.8) is 0 Å². The number of amides is 2. The van der Waals surface area contributed by atoms with Crippen molar-refractivity contribution in [3.05, 3.63) is 70.8 Å². The van der Waals surface area contributed by atoms with Gasteiger partial charge in [0.05, 0.1) is 5.56 Å². The molecule has 2 amide bonds. The van der Waals surface area contributed by atoms with Gasteiger partial charge >= 0.3 is 6.18 Å². The molecule has 0 saturated carbocycles. The molecule has 0 spiro atoms. The summed E-state index contributed by atoms with van der Waals surface area (Å²) in [6, 6.07) is 12.7. The molecule has 1 aliphatic heterocycles. The topological polar surface area (TPSA) is 40.6 Å². The van der Waals surface area contributed by atoms with Crippen molar-refractivity contribution in [1.82, 2.24) is 9.80 Å². The van der Waals surface area contributed by atoms with Crippen LogP contribution in [0.25, 0.3) is 0 Å². The van der Waals surface area contributed by atoms with E-state index in [9.17, 15) is 22.8 Å². The molecule has 31 heavy (non-hydrogen) atoms. The Balaban J connectivity index is 1.51. The lowest BCUT2D eigenvalue weighted by Gasteiger charge is -2.35. The summed E-state index contributed by atoms with van der Waals surface area (Å²) in [5, 5.41) is 0. The van der Waals surface area contributed by atoms with E-state index in [0.717, 1.165) is 17.7 Å². The first-order valence-electron chi connectivity index (χ1n) is 10.5. The van der Waals surface area contributed by atoms with Crippen molar-refractivity contribution >= 4 is 11.8 Å². The highest BCUT2D eigenvalue weighted by molar-refractivity contribution is 5.94.